The number of nitrogens with one attached hydrogen (secondary N) is 3. The molecule has 0 spiro atoms. The predicted molar refractivity (Wildman–Crippen MR) is 176 cm³/mol. The topological polar surface area (TPSA) is 153 Å². The fourth-order valence-electron chi connectivity index (χ4n) is 7.41. The summed E-state index contributed by atoms with van der Waals surface area (Å²) in [6.45, 7) is 6.40. The lowest BCUT2D eigenvalue weighted by Gasteiger charge is -2.41. The summed E-state index contributed by atoms with van der Waals surface area (Å²) in [5.74, 6) is -0.597. The number of likely N-dealkylation sites (tertiary alicyclic amines) is 2. The third-order valence-corrected chi connectivity index (χ3v) is 10.0. The monoisotopic (exact) mass is 642 g/mol. The minimum Gasteiger partial charge on any atom is -0.408 e. The molecule has 2 aromatic carbocycles. The average Bonchev–Trinajstić information content (AvgIpc) is 3.69. The first-order chi connectivity index (χ1) is 22.9. The number of carbonyl (C=O) groups is 2. The smallest absolute Gasteiger partial charge is 0.408 e. The van der Waals surface area contributed by atoms with Crippen molar-refractivity contribution in [1.29, 1.82) is 0 Å². The molecule has 3 aliphatic heterocycles. The minimum atomic E-state index is -0.540. The van der Waals surface area contributed by atoms with Gasteiger partial charge in [0, 0.05) is 70.4 Å². The Labute approximate surface area is 271 Å². The van der Waals surface area contributed by atoms with Crippen LogP contribution in [0.25, 0.3) is 22.5 Å². The van der Waals surface area contributed by atoms with Crippen LogP contribution in [0.3, 0.4) is 0 Å². The van der Waals surface area contributed by atoms with Gasteiger partial charge in [-0.3, -0.25) is 24.5 Å². The Hall–Kier alpha value is -4.49. The molecule has 0 bridgehead atoms. The summed E-state index contributed by atoms with van der Waals surface area (Å²) in [7, 11) is 0. The van der Waals surface area contributed by atoms with E-state index in [1.807, 2.05) is 46.2 Å². The van der Waals surface area contributed by atoms with E-state index < -0.39 is 11.7 Å². The number of rotatable bonds is 8. The number of fused-ring (bicyclic) bond motifs is 1. The number of aromatic nitrogens is 4. The van der Waals surface area contributed by atoms with Crippen LogP contribution < -0.4 is 16.8 Å². The van der Waals surface area contributed by atoms with Crippen molar-refractivity contribution in [3.8, 4) is 11.4 Å². The second-order valence-corrected chi connectivity index (χ2v) is 13.0. The average molecular weight is 643 g/mol. The van der Waals surface area contributed by atoms with Gasteiger partial charge in [-0.25, -0.2) is 14.3 Å². The molecule has 0 aliphatic carbocycles. The molecule has 248 valence electrons. The van der Waals surface area contributed by atoms with E-state index in [2.05, 4.69) is 25.3 Å². The number of hydrogen-bond acceptors (Lipinski definition) is 8. The molecule has 3 aliphatic rings. The highest BCUT2D eigenvalue weighted by molar-refractivity contribution is 5.86. The van der Waals surface area contributed by atoms with Crippen molar-refractivity contribution in [2.75, 3.05) is 52.4 Å². The lowest BCUT2D eigenvalue weighted by atomic mass is 9.92. The van der Waals surface area contributed by atoms with Crippen LogP contribution in [0.15, 0.2) is 62.5 Å². The molecular weight excluding hydrogens is 600 g/mol. The highest BCUT2D eigenvalue weighted by Crippen LogP contribution is 2.26. The molecule has 2 amide bonds. The molecule has 2 aromatic heterocycles. The SMILES string of the molecule is O=C(CC(Cc1ccc2[nH]c(=O)oc2c1)C(=O)N1CCC(N2CCNCC2)CC1)N1CCC(n2nc(-c3ccccc3)[nH]c2=O)CC1. The molecule has 7 rings (SSSR count). The largest absolute Gasteiger partial charge is 0.417 e. The number of amides is 2. The Morgan fingerprint density at radius 1 is 0.851 bits per heavy atom. The first-order valence-electron chi connectivity index (χ1n) is 16.8. The first-order valence-corrected chi connectivity index (χ1v) is 16.8. The van der Waals surface area contributed by atoms with E-state index in [1.54, 1.807) is 12.1 Å². The number of piperidine rings is 2. The zero-order chi connectivity index (χ0) is 32.3. The first kappa shape index (κ1) is 31.1. The van der Waals surface area contributed by atoms with Crippen LogP contribution in [-0.2, 0) is 16.0 Å². The van der Waals surface area contributed by atoms with E-state index in [4.69, 9.17) is 4.42 Å². The van der Waals surface area contributed by atoms with Crippen molar-refractivity contribution in [2.45, 2.75) is 50.6 Å². The van der Waals surface area contributed by atoms with Gasteiger partial charge in [-0.05, 0) is 49.8 Å². The Bertz CT molecular complexity index is 1800. The number of carbonyl (C=O) groups excluding carboxylic acids is 2. The second kappa shape index (κ2) is 13.7. The van der Waals surface area contributed by atoms with Gasteiger partial charge in [0.15, 0.2) is 11.4 Å². The molecule has 1 atom stereocenters. The standard InChI is InChI=1S/C34H42N8O5/c43-30(40-14-10-27(11-15-40)42-33(45)37-31(38-42)24-4-2-1-3-5-24)22-25(20-23-6-7-28-29(21-23)47-34(46)36-28)32(44)41-16-8-26(9-17-41)39-18-12-35-13-19-39/h1-7,21,25-27,35H,8-20,22H2,(H,36,46)(H,37,38,45). The van der Waals surface area contributed by atoms with Crippen molar-refractivity contribution in [3.05, 3.63) is 75.1 Å². The molecule has 5 heterocycles. The zero-order valence-corrected chi connectivity index (χ0v) is 26.5. The van der Waals surface area contributed by atoms with Gasteiger partial charge < -0.3 is 19.5 Å². The minimum absolute atomic E-state index is 0.000804. The molecule has 13 nitrogen and oxygen atoms in total. The summed E-state index contributed by atoms with van der Waals surface area (Å²) in [6.07, 6.45) is 3.53. The van der Waals surface area contributed by atoms with Crippen LogP contribution in [0.5, 0.6) is 0 Å². The molecule has 0 saturated carbocycles. The Morgan fingerprint density at radius 2 is 1.55 bits per heavy atom. The van der Waals surface area contributed by atoms with E-state index in [9.17, 15) is 19.2 Å². The van der Waals surface area contributed by atoms with Gasteiger partial charge in [0.25, 0.3) is 0 Å². The summed E-state index contributed by atoms with van der Waals surface area (Å²) in [6, 6.07) is 15.3. The highest BCUT2D eigenvalue weighted by Gasteiger charge is 2.34. The van der Waals surface area contributed by atoms with Gasteiger partial charge in [0.2, 0.25) is 11.8 Å². The molecule has 13 heteroatoms. The molecule has 3 saturated heterocycles. The lowest BCUT2D eigenvalue weighted by molar-refractivity contribution is -0.143. The van der Waals surface area contributed by atoms with Gasteiger partial charge in [0.1, 0.15) is 0 Å². The highest BCUT2D eigenvalue weighted by atomic mass is 16.4. The number of piperazine rings is 1. The maximum atomic E-state index is 14.1. The lowest BCUT2D eigenvalue weighted by Crippen LogP contribution is -2.53. The van der Waals surface area contributed by atoms with Crippen molar-refractivity contribution in [2.24, 2.45) is 5.92 Å². The van der Waals surface area contributed by atoms with Gasteiger partial charge >= 0.3 is 11.4 Å². The molecule has 1 unspecified atom stereocenters. The summed E-state index contributed by atoms with van der Waals surface area (Å²) >= 11 is 0. The molecule has 3 N–H and O–H groups in total. The third kappa shape index (κ3) is 6.96. The fraction of sp³-hybridized carbons (Fsp3) is 0.500. The van der Waals surface area contributed by atoms with Crippen molar-refractivity contribution in [1.82, 2.24) is 39.8 Å². The maximum absolute atomic E-state index is 14.1. The number of aromatic amines is 2. The van der Waals surface area contributed by atoms with Crippen LogP contribution in [-0.4, -0.2) is 105 Å². The maximum Gasteiger partial charge on any atom is 0.417 e. The number of nitrogens with zero attached hydrogens (tertiary/aromatic N) is 5. The van der Waals surface area contributed by atoms with Crippen molar-refractivity contribution >= 4 is 22.9 Å². The van der Waals surface area contributed by atoms with Crippen molar-refractivity contribution < 1.29 is 14.0 Å². The van der Waals surface area contributed by atoms with Gasteiger partial charge in [-0.1, -0.05) is 36.4 Å². The Morgan fingerprint density at radius 3 is 2.30 bits per heavy atom. The van der Waals surface area contributed by atoms with E-state index in [0.29, 0.717) is 68.4 Å². The van der Waals surface area contributed by atoms with Crippen LogP contribution in [0.1, 0.15) is 43.7 Å². The number of hydrogen-bond donors (Lipinski definition) is 3. The van der Waals surface area contributed by atoms with Gasteiger partial charge in [0.05, 0.1) is 17.5 Å². The fourth-order valence-corrected chi connectivity index (χ4v) is 7.41. The molecule has 0 radical (unpaired) electrons. The third-order valence-electron chi connectivity index (χ3n) is 10.0. The number of oxazole rings is 1. The zero-order valence-electron chi connectivity index (χ0n) is 26.5. The molecule has 3 fully saturated rings. The quantitative estimate of drug-likeness (QED) is 0.264. The summed E-state index contributed by atoms with van der Waals surface area (Å²) in [5, 5.41) is 7.97. The summed E-state index contributed by atoms with van der Waals surface area (Å²) in [5.41, 5.74) is 2.47. The van der Waals surface area contributed by atoms with Gasteiger partial charge in [-0.15, -0.1) is 5.10 Å². The molecule has 47 heavy (non-hydrogen) atoms. The normalized spacial score (nSPS) is 19.3. The van der Waals surface area contributed by atoms with Gasteiger partial charge in [-0.2, -0.15) is 0 Å². The van der Waals surface area contributed by atoms with Crippen molar-refractivity contribution in [3.63, 3.8) is 0 Å². The molecular formula is C34H42N8O5. The van der Waals surface area contributed by atoms with Crippen LogP contribution >= 0.6 is 0 Å². The summed E-state index contributed by atoms with van der Waals surface area (Å²) in [4.78, 5) is 64.1. The second-order valence-electron chi connectivity index (χ2n) is 13.0. The number of H-pyrrole nitrogens is 2. The number of benzene rings is 2. The van der Waals surface area contributed by atoms with E-state index in [0.717, 1.165) is 50.1 Å². The Balaban J connectivity index is 1.02. The van der Waals surface area contributed by atoms with E-state index in [-0.39, 0.29) is 30.0 Å². The van der Waals surface area contributed by atoms with Crippen LogP contribution in [0.2, 0.25) is 0 Å². The molecule has 4 aromatic rings. The van der Waals surface area contributed by atoms with E-state index in [1.165, 1.54) is 4.68 Å². The summed E-state index contributed by atoms with van der Waals surface area (Å²) < 4.78 is 6.78. The predicted octanol–water partition coefficient (Wildman–Crippen LogP) is 1.98. The van der Waals surface area contributed by atoms with Crippen LogP contribution in [0, 0.1) is 5.92 Å². The van der Waals surface area contributed by atoms with E-state index >= 15 is 0 Å². The Kier molecular flexibility index (Phi) is 9.07. The van der Waals surface area contributed by atoms with Crippen LogP contribution in [0.4, 0.5) is 0 Å².